The van der Waals surface area contributed by atoms with E-state index in [1.54, 1.807) is 0 Å². The minimum absolute atomic E-state index is 0.307. The number of hydrogen-bond donors (Lipinski definition) is 1. The van der Waals surface area contributed by atoms with Gasteiger partial charge in [0.05, 0.1) is 0 Å². The number of piperidine rings is 1. The lowest BCUT2D eigenvalue weighted by molar-refractivity contribution is 0.0371. The Morgan fingerprint density at radius 3 is 2.56 bits per heavy atom. The van der Waals surface area contributed by atoms with Gasteiger partial charge in [0, 0.05) is 36.2 Å². The fourth-order valence-corrected chi connectivity index (χ4v) is 3.95. The summed E-state index contributed by atoms with van der Waals surface area (Å²) in [5.74, 6) is 1.28. The first kappa shape index (κ1) is 12.7. The van der Waals surface area contributed by atoms with E-state index >= 15 is 0 Å². The summed E-state index contributed by atoms with van der Waals surface area (Å²) < 4.78 is 0. The third kappa shape index (κ3) is 2.55. The Morgan fingerprint density at radius 1 is 1.31 bits per heavy atom. The summed E-state index contributed by atoms with van der Waals surface area (Å²) in [4.78, 5) is 5.11. The summed E-state index contributed by atoms with van der Waals surface area (Å²) in [5.41, 5.74) is 6.40. The quantitative estimate of drug-likeness (QED) is 0.779. The minimum Gasteiger partial charge on any atom is -0.329 e. The largest absolute Gasteiger partial charge is 0.329 e. The molecule has 0 amide bonds. The van der Waals surface area contributed by atoms with E-state index in [4.69, 9.17) is 5.73 Å². The van der Waals surface area contributed by atoms with Crippen LogP contribution in [0.3, 0.4) is 0 Å². The lowest BCUT2D eigenvalue weighted by Crippen LogP contribution is -2.61. The second kappa shape index (κ2) is 5.25. The van der Waals surface area contributed by atoms with Crippen molar-refractivity contribution in [2.24, 2.45) is 5.73 Å². The van der Waals surface area contributed by atoms with Crippen LogP contribution in [-0.2, 0) is 0 Å². The van der Waals surface area contributed by atoms with Crippen molar-refractivity contribution < 1.29 is 0 Å². The topological polar surface area (TPSA) is 32.5 Å². The monoisotopic (exact) mass is 243 g/mol. The van der Waals surface area contributed by atoms with E-state index in [0.717, 1.165) is 11.8 Å². The Labute approximate surface area is 104 Å². The molecule has 2 heterocycles. The van der Waals surface area contributed by atoms with E-state index in [1.165, 1.54) is 44.8 Å². The normalized spacial score (nSPS) is 32.8. The highest BCUT2D eigenvalue weighted by atomic mass is 32.2. The Hall–Kier alpha value is 0.230. The lowest BCUT2D eigenvalue weighted by Gasteiger charge is -2.50. The zero-order valence-electron chi connectivity index (χ0n) is 10.6. The molecule has 2 aliphatic rings. The van der Waals surface area contributed by atoms with Gasteiger partial charge in [0.1, 0.15) is 0 Å². The first-order valence-electron chi connectivity index (χ1n) is 6.41. The molecule has 0 aliphatic carbocycles. The van der Waals surface area contributed by atoms with Crippen LogP contribution in [0.5, 0.6) is 0 Å². The molecule has 2 aliphatic heterocycles. The average molecular weight is 243 g/mol. The van der Waals surface area contributed by atoms with Gasteiger partial charge in [-0.3, -0.25) is 4.90 Å². The third-order valence-electron chi connectivity index (χ3n) is 4.21. The van der Waals surface area contributed by atoms with Gasteiger partial charge >= 0.3 is 0 Å². The molecule has 1 unspecified atom stereocenters. The second-order valence-electron chi connectivity index (χ2n) is 5.36. The number of hydrogen-bond acceptors (Lipinski definition) is 4. The van der Waals surface area contributed by atoms with Gasteiger partial charge in [0.15, 0.2) is 0 Å². The number of thioether (sulfide) groups is 1. The molecule has 16 heavy (non-hydrogen) atoms. The van der Waals surface area contributed by atoms with Crippen LogP contribution in [0.4, 0.5) is 0 Å². The third-order valence-corrected chi connectivity index (χ3v) is 5.35. The predicted octanol–water partition coefficient (Wildman–Crippen LogP) is 0.847. The van der Waals surface area contributed by atoms with Gasteiger partial charge < -0.3 is 10.6 Å². The van der Waals surface area contributed by atoms with Gasteiger partial charge in [-0.05, 0) is 33.0 Å². The standard InChI is InChI=1S/C12H25N3S/c1-11-9-15(7-8-16-11)12(10-13)3-5-14(2)6-4-12/h11H,3-10,13H2,1-2H3. The van der Waals surface area contributed by atoms with Crippen LogP contribution in [0.1, 0.15) is 19.8 Å². The molecular weight excluding hydrogens is 218 g/mol. The smallest absolute Gasteiger partial charge is 0.0356 e. The van der Waals surface area contributed by atoms with Crippen LogP contribution < -0.4 is 5.73 Å². The van der Waals surface area contributed by atoms with Crippen LogP contribution in [-0.4, -0.2) is 66.1 Å². The summed E-state index contributed by atoms with van der Waals surface area (Å²) in [7, 11) is 2.22. The summed E-state index contributed by atoms with van der Waals surface area (Å²) >= 11 is 2.10. The van der Waals surface area contributed by atoms with Crippen molar-refractivity contribution >= 4 is 11.8 Å². The summed E-state index contributed by atoms with van der Waals surface area (Å²) in [6, 6.07) is 0. The number of likely N-dealkylation sites (tertiary alicyclic amines) is 1. The molecule has 0 bridgehead atoms. The van der Waals surface area contributed by atoms with E-state index in [-0.39, 0.29) is 0 Å². The van der Waals surface area contributed by atoms with Gasteiger partial charge in [0.2, 0.25) is 0 Å². The summed E-state index contributed by atoms with van der Waals surface area (Å²) in [6.07, 6.45) is 2.49. The molecule has 0 aromatic rings. The lowest BCUT2D eigenvalue weighted by atomic mass is 9.85. The molecule has 2 rings (SSSR count). The first-order valence-corrected chi connectivity index (χ1v) is 7.46. The highest BCUT2D eigenvalue weighted by Gasteiger charge is 2.39. The van der Waals surface area contributed by atoms with E-state index in [0.29, 0.717) is 5.54 Å². The van der Waals surface area contributed by atoms with Crippen molar-refractivity contribution in [3.63, 3.8) is 0 Å². The zero-order chi connectivity index (χ0) is 11.6. The van der Waals surface area contributed by atoms with Crippen molar-refractivity contribution in [1.82, 2.24) is 9.80 Å². The highest BCUT2D eigenvalue weighted by molar-refractivity contribution is 7.99. The molecule has 0 aromatic heterocycles. The number of nitrogens with two attached hydrogens (primary N) is 1. The van der Waals surface area contributed by atoms with Crippen LogP contribution in [0.2, 0.25) is 0 Å². The maximum atomic E-state index is 6.09. The molecule has 1 atom stereocenters. The van der Waals surface area contributed by atoms with Crippen molar-refractivity contribution in [3.05, 3.63) is 0 Å². The van der Waals surface area contributed by atoms with Gasteiger partial charge in [-0.1, -0.05) is 6.92 Å². The molecule has 4 heteroatoms. The SMILES string of the molecule is CC1CN(C2(CN)CCN(C)CC2)CCS1. The molecule has 2 N–H and O–H groups in total. The molecule has 94 valence electrons. The first-order chi connectivity index (χ1) is 7.66. The second-order valence-corrected chi connectivity index (χ2v) is 6.91. The average Bonchev–Trinajstić information content (AvgIpc) is 2.31. The zero-order valence-corrected chi connectivity index (χ0v) is 11.4. The van der Waals surface area contributed by atoms with E-state index in [9.17, 15) is 0 Å². The summed E-state index contributed by atoms with van der Waals surface area (Å²) in [5, 5.41) is 0.775. The Kier molecular flexibility index (Phi) is 4.16. The molecule has 0 spiro atoms. The van der Waals surface area contributed by atoms with Crippen LogP contribution in [0.25, 0.3) is 0 Å². The van der Waals surface area contributed by atoms with Gasteiger partial charge in [0.25, 0.3) is 0 Å². The molecule has 3 nitrogen and oxygen atoms in total. The molecule has 2 fully saturated rings. The number of rotatable bonds is 2. The predicted molar refractivity (Wildman–Crippen MR) is 72.0 cm³/mol. The molecule has 0 aromatic carbocycles. The van der Waals surface area contributed by atoms with E-state index < -0.39 is 0 Å². The summed E-state index contributed by atoms with van der Waals surface area (Å²) in [6.45, 7) is 8.04. The Bertz CT molecular complexity index is 226. The van der Waals surface area contributed by atoms with E-state index in [1.807, 2.05) is 0 Å². The molecular formula is C12H25N3S. The maximum absolute atomic E-state index is 6.09. The van der Waals surface area contributed by atoms with Crippen molar-refractivity contribution in [2.45, 2.75) is 30.6 Å². The molecule has 0 radical (unpaired) electrons. The van der Waals surface area contributed by atoms with E-state index in [2.05, 4.69) is 35.5 Å². The van der Waals surface area contributed by atoms with Gasteiger partial charge in [-0.25, -0.2) is 0 Å². The minimum atomic E-state index is 0.307. The Balaban J connectivity index is 2.02. The van der Waals surface area contributed by atoms with Crippen molar-refractivity contribution in [3.8, 4) is 0 Å². The molecule has 0 saturated carbocycles. The van der Waals surface area contributed by atoms with Gasteiger partial charge in [-0.2, -0.15) is 11.8 Å². The van der Waals surface area contributed by atoms with Crippen molar-refractivity contribution in [2.75, 3.05) is 45.5 Å². The number of nitrogens with zero attached hydrogens (tertiary/aromatic N) is 2. The fraction of sp³-hybridized carbons (Fsp3) is 1.00. The van der Waals surface area contributed by atoms with Crippen LogP contribution >= 0.6 is 11.8 Å². The Morgan fingerprint density at radius 2 is 2.00 bits per heavy atom. The van der Waals surface area contributed by atoms with Crippen LogP contribution in [0, 0.1) is 0 Å². The van der Waals surface area contributed by atoms with Gasteiger partial charge in [-0.15, -0.1) is 0 Å². The molecule has 2 saturated heterocycles. The van der Waals surface area contributed by atoms with Crippen LogP contribution in [0.15, 0.2) is 0 Å². The fourth-order valence-electron chi connectivity index (χ4n) is 2.93. The maximum Gasteiger partial charge on any atom is 0.0356 e. The van der Waals surface area contributed by atoms with Crippen molar-refractivity contribution in [1.29, 1.82) is 0 Å². The highest BCUT2D eigenvalue weighted by Crippen LogP contribution is 2.31.